The summed E-state index contributed by atoms with van der Waals surface area (Å²) in [5.74, 6) is 1.34. The number of benzene rings is 1. The Morgan fingerprint density at radius 1 is 1.54 bits per heavy atom. The number of rotatable bonds is 5. The third kappa shape index (κ3) is 4.71. The van der Waals surface area contributed by atoms with Crippen LogP contribution in [-0.4, -0.2) is 46.8 Å². The molecule has 1 N–H and O–H groups in total. The van der Waals surface area contributed by atoms with Crippen molar-refractivity contribution in [1.29, 1.82) is 0 Å². The van der Waals surface area contributed by atoms with Crippen LogP contribution in [-0.2, 0) is 0 Å². The van der Waals surface area contributed by atoms with Crippen LogP contribution in [0.2, 0.25) is 0 Å². The predicted molar refractivity (Wildman–Crippen MR) is 92.5 cm³/mol. The van der Waals surface area contributed by atoms with Gasteiger partial charge in [0.2, 0.25) is 5.89 Å². The fourth-order valence-electron chi connectivity index (χ4n) is 2.96. The lowest BCUT2D eigenvalue weighted by atomic mass is 9.98. The number of hydrogen-bond donors (Lipinski definition) is 1. The van der Waals surface area contributed by atoms with Gasteiger partial charge < -0.3 is 19.5 Å². The molecular formula is C18H23FN4O3. The molecule has 26 heavy (non-hydrogen) atoms. The van der Waals surface area contributed by atoms with Gasteiger partial charge in [0.1, 0.15) is 18.2 Å². The molecule has 2 heterocycles. The van der Waals surface area contributed by atoms with E-state index in [0.717, 1.165) is 12.8 Å². The van der Waals surface area contributed by atoms with Gasteiger partial charge in [0, 0.05) is 19.2 Å². The molecule has 8 heteroatoms. The van der Waals surface area contributed by atoms with E-state index in [4.69, 9.17) is 9.26 Å². The molecule has 0 unspecified atom stereocenters. The lowest BCUT2D eigenvalue weighted by molar-refractivity contribution is 0.164. The van der Waals surface area contributed by atoms with Crippen molar-refractivity contribution in [3.05, 3.63) is 41.8 Å². The number of carbonyl (C=O) groups is 1. The van der Waals surface area contributed by atoms with Crippen molar-refractivity contribution in [2.24, 2.45) is 0 Å². The number of hydrogen-bond acceptors (Lipinski definition) is 5. The topological polar surface area (TPSA) is 80.5 Å². The summed E-state index contributed by atoms with van der Waals surface area (Å²) in [6.45, 7) is 5.12. The molecule has 0 saturated carbocycles. The molecule has 2 amide bonds. The van der Waals surface area contributed by atoms with E-state index in [1.165, 1.54) is 12.1 Å². The van der Waals surface area contributed by atoms with Gasteiger partial charge in [-0.3, -0.25) is 0 Å². The van der Waals surface area contributed by atoms with Crippen LogP contribution >= 0.6 is 0 Å². The number of amides is 2. The number of halogens is 1. The van der Waals surface area contributed by atoms with E-state index in [1.54, 1.807) is 24.0 Å². The van der Waals surface area contributed by atoms with E-state index in [2.05, 4.69) is 15.5 Å². The van der Waals surface area contributed by atoms with Gasteiger partial charge in [-0.1, -0.05) is 11.2 Å². The Bertz CT molecular complexity index is 752. The lowest BCUT2D eigenvalue weighted by Gasteiger charge is -2.32. The molecule has 1 aliphatic rings. The molecule has 1 saturated heterocycles. The van der Waals surface area contributed by atoms with E-state index < -0.39 is 0 Å². The SMILES string of the molecule is Cc1noc([C@@H]2CCCN(C(=O)N[C@H](C)COc3cccc(F)c3)C2)n1. The summed E-state index contributed by atoms with van der Waals surface area (Å²) in [7, 11) is 0. The van der Waals surface area contributed by atoms with Crippen molar-refractivity contribution in [2.75, 3.05) is 19.7 Å². The Morgan fingerprint density at radius 2 is 2.38 bits per heavy atom. The standard InChI is InChI=1S/C18H23FN4O3/c1-12(11-25-16-7-3-6-15(19)9-16)20-18(24)23-8-4-5-14(10-23)17-21-13(2)22-26-17/h3,6-7,9,12,14H,4-5,8,10-11H2,1-2H3,(H,20,24)/t12-,14-/m1/s1. The van der Waals surface area contributed by atoms with Gasteiger partial charge in [0.25, 0.3) is 0 Å². The molecule has 0 spiro atoms. The van der Waals surface area contributed by atoms with Crippen molar-refractivity contribution in [2.45, 2.75) is 38.6 Å². The van der Waals surface area contributed by atoms with Crippen LogP contribution in [0.4, 0.5) is 9.18 Å². The van der Waals surface area contributed by atoms with Crippen LogP contribution in [0.5, 0.6) is 5.75 Å². The zero-order valence-corrected chi connectivity index (χ0v) is 14.9. The summed E-state index contributed by atoms with van der Waals surface area (Å²) in [5.41, 5.74) is 0. The fraction of sp³-hybridized carbons (Fsp3) is 0.500. The Balaban J connectivity index is 1.49. The van der Waals surface area contributed by atoms with Crippen LogP contribution < -0.4 is 10.1 Å². The average Bonchev–Trinajstić information content (AvgIpc) is 3.07. The number of likely N-dealkylation sites (tertiary alicyclic amines) is 1. The van der Waals surface area contributed by atoms with Gasteiger partial charge in [0.15, 0.2) is 5.82 Å². The van der Waals surface area contributed by atoms with Crippen LogP contribution in [0.3, 0.4) is 0 Å². The Kier molecular flexibility index (Phi) is 5.70. The molecule has 2 aromatic rings. The van der Waals surface area contributed by atoms with Crippen LogP contribution in [0.1, 0.15) is 37.4 Å². The molecule has 1 aromatic carbocycles. The second-order valence-electron chi connectivity index (χ2n) is 6.58. The maximum atomic E-state index is 13.1. The summed E-state index contributed by atoms with van der Waals surface area (Å²) in [5, 5.41) is 6.73. The van der Waals surface area contributed by atoms with Crippen molar-refractivity contribution < 1.29 is 18.4 Å². The van der Waals surface area contributed by atoms with Crippen molar-refractivity contribution in [3.8, 4) is 5.75 Å². The maximum Gasteiger partial charge on any atom is 0.317 e. The molecule has 1 aliphatic heterocycles. The van der Waals surface area contributed by atoms with Gasteiger partial charge in [-0.15, -0.1) is 0 Å². The highest BCUT2D eigenvalue weighted by molar-refractivity contribution is 5.74. The summed E-state index contributed by atoms with van der Waals surface area (Å²) in [6, 6.07) is 5.57. The van der Waals surface area contributed by atoms with Crippen molar-refractivity contribution in [3.63, 3.8) is 0 Å². The van der Waals surface area contributed by atoms with E-state index in [-0.39, 0.29) is 30.4 Å². The van der Waals surface area contributed by atoms with E-state index in [0.29, 0.717) is 30.6 Å². The van der Waals surface area contributed by atoms with Crippen LogP contribution in [0, 0.1) is 12.7 Å². The first-order chi connectivity index (χ1) is 12.5. The van der Waals surface area contributed by atoms with E-state index >= 15 is 0 Å². The molecule has 7 nitrogen and oxygen atoms in total. The van der Waals surface area contributed by atoms with Crippen LogP contribution in [0.25, 0.3) is 0 Å². The number of nitrogens with zero attached hydrogens (tertiary/aromatic N) is 3. The van der Waals surface area contributed by atoms with Gasteiger partial charge in [-0.25, -0.2) is 9.18 Å². The molecule has 0 radical (unpaired) electrons. The highest BCUT2D eigenvalue weighted by atomic mass is 19.1. The Morgan fingerprint density at radius 3 is 3.12 bits per heavy atom. The third-order valence-corrected chi connectivity index (χ3v) is 4.27. The minimum Gasteiger partial charge on any atom is -0.491 e. The highest BCUT2D eigenvalue weighted by Crippen LogP contribution is 2.25. The minimum atomic E-state index is -0.352. The molecular weight excluding hydrogens is 339 g/mol. The average molecular weight is 362 g/mol. The lowest BCUT2D eigenvalue weighted by Crippen LogP contribution is -2.48. The minimum absolute atomic E-state index is 0.0644. The third-order valence-electron chi connectivity index (χ3n) is 4.27. The second kappa shape index (κ2) is 8.16. The Hall–Kier alpha value is -2.64. The monoisotopic (exact) mass is 362 g/mol. The smallest absolute Gasteiger partial charge is 0.317 e. The number of urea groups is 1. The zero-order valence-electron chi connectivity index (χ0n) is 14.9. The first-order valence-electron chi connectivity index (χ1n) is 8.75. The van der Waals surface area contributed by atoms with Gasteiger partial charge in [0.05, 0.1) is 12.0 Å². The number of piperidine rings is 1. The number of aromatic nitrogens is 2. The highest BCUT2D eigenvalue weighted by Gasteiger charge is 2.28. The number of ether oxygens (including phenoxy) is 1. The van der Waals surface area contributed by atoms with E-state index in [9.17, 15) is 9.18 Å². The van der Waals surface area contributed by atoms with Crippen molar-refractivity contribution in [1.82, 2.24) is 20.4 Å². The molecule has 1 aromatic heterocycles. The summed E-state index contributed by atoms with van der Waals surface area (Å²) in [4.78, 5) is 18.5. The quantitative estimate of drug-likeness (QED) is 0.885. The number of aryl methyl sites for hydroxylation is 1. The molecule has 140 valence electrons. The second-order valence-corrected chi connectivity index (χ2v) is 6.58. The van der Waals surface area contributed by atoms with Crippen LogP contribution in [0.15, 0.2) is 28.8 Å². The molecule has 2 atom stereocenters. The molecule has 0 bridgehead atoms. The maximum absolute atomic E-state index is 13.1. The summed E-state index contributed by atoms with van der Waals surface area (Å²) in [6.07, 6.45) is 1.80. The summed E-state index contributed by atoms with van der Waals surface area (Å²) < 4.78 is 23.9. The number of carbonyl (C=O) groups excluding carboxylic acids is 1. The first-order valence-corrected chi connectivity index (χ1v) is 8.75. The van der Waals surface area contributed by atoms with Gasteiger partial charge in [-0.2, -0.15) is 4.98 Å². The molecule has 0 aliphatic carbocycles. The largest absolute Gasteiger partial charge is 0.491 e. The predicted octanol–water partition coefficient (Wildman–Crippen LogP) is 2.87. The van der Waals surface area contributed by atoms with E-state index in [1.807, 2.05) is 6.92 Å². The fourth-order valence-corrected chi connectivity index (χ4v) is 2.96. The molecule has 3 rings (SSSR count). The number of nitrogens with one attached hydrogen (secondary N) is 1. The van der Waals surface area contributed by atoms with Crippen molar-refractivity contribution >= 4 is 6.03 Å². The Labute approximate surface area is 151 Å². The normalized spacial score (nSPS) is 18.4. The van der Waals surface area contributed by atoms with Gasteiger partial charge >= 0.3 is 6.03 Å². The first kappa shape index (κ1) is 18.2. The molecule has 1 fully saturated rings. The van der Waals surface area contributed by atoms with Gasteiger partial charge in [-0.05, 0) is 38.8 Å². The zero-order chi connectivity index (χ0) is 18.5. The summed E-state index contributed by atoms with van der Waals surface area (Å²) >= 11 is 0.